The second kappa shape index (κ2) is 4.21. The number of hydrogen-bond acceptors (Lipinski definition) is 1. The quantitative estimate of drug-likeness (QED) is 0.448. The first-order chi connectivity index (χ1) is 7.50. The molecule has 0 aliphatic heterocycles. The summed E-state index contributed by atoms with van der Waals surface area (Å²) in [6, 6.07) is 2.76. The zero-order valence-electron chi connectivity index (χ0n) is 7.90. The monoisotopic (exact) mass is 370 g/mol. The molecule has 0 aliphatic rings. The van der Waals surface area contributed by atoms with Crippen LogP contribution in [-0.4, -0.2) is 17.5 Å². The minimum Gasteiger partial charge on any atom is -0.508 e. The van der Waals surface area contributed by atoms with Gasteiger partial charge in [-0.3, -0.25) is 0 Å². The molecule has 96 valence electrons. The highest BCUT2D eigenvalue weighted by molar-refractivity contribution is 14.1. The van der Waals surface area contributed by atoms with Gasteiger partial charge >= 0.3 is 12.4 Å². The SMILES string of the molecule is Oc1ccc(C(I)(C(F)(F)F)C(F)(F)F)cc1. The predicted octanol–water partition coefficient (Wildman–Crippen LogP) is 4.15. The first kappa shape index (κ1) is 14.4. The summed E-state index contributed by atoms with van der Waals surface area (Å²) >= 11 is 0.334. The zero-order chi connectivity index (χ0) is 13.5. The third kappa shape index (κ3) is 2.45. The summed E-state index contributed by atoms with van der Waals surface area (Å²) in [6.45, 7) is 0. The van der Waals surface area contributed by atoms with Crippen molar-refractivity contribution in [2.24, 2.45) is 0 Å². The molecule has 1 aromatic rings. The van der Waals surface area contributed by atoms with E-state index >= 15 is 0 Å². The van der Waals surface area contributed by atoms with Gasteiger partial charge in [0, 0.05) is 0 Å². The molecule has 0 saturated heterocycles. The number of aromatic hydroxyl groups is 1. The van der Waals surface area contributed by atoms with Gasteiger partial charge in [-0.05, 0) is 17.7 Å². The molecule has 0 fully saturated rings. The van der Waals surface area contributed by atoms with Crippen molar-refractivity contribution in [1.82, 2.24) is 0 Å². The van der Waals surface area contributed by atoms with Crippen molar-refractivity contribution in [3.8, 4) is 5.75 Å². The zero-order valence-corrected chi connectivity index (χ0v) is 10.1. The summed E-state index contributed by atoms with van der Waals surface area (Å²) in [5.41, 5.74) is -0.976. The van der Waals surface area contributed by atoms with Gasteiger partial charge in [-0.1, -0.05) is 34.7 Å². The predicted molar refractivity (Wildman–Crippen MR) is 55.9 cm³/mol. The first-order valence-corrected chi connectivity index (χ1v) is 5.20. The standard InChI is InChI=1S/C9H5F6IO/c10-8(11,12)7(16,9(13,14)15)5-1-3-6(17)4-2-5/h1-4,17H. The van der Waals surface area contributed by atoms with E-state index in [1.807, 2.05) is 0 Å². The van der Waals surface area contributed by atoms with E-state index in [9.17, 15) is 26.3 Å². The number of phenolic OH excluding ortho intramolecular Hbond substituents is 1. The Morgan fingerprint density at radius 1 is 0.824 bits per heavy atom. The van der Waals surface area contributed by atoms with E-state index in [1.54, 1.807) is 0 Å². The van der Waals surface area contributed by atoms with E-state index in [2.05, 4.69) is 0 Å². The van der Waals surface area contributed by atoms with E-state index in [-0.39, 0.29) is 0 Å². The summed E-state index contributed by atoms with van der Waals surface area (Å²) < 4.78 is 71.6. The van der Waals surface area contributed by atoms with Crippen LogP contribution < -0.4 is 0 Å². The second-order valence-electron chi connectivity index (χ2n) is 3.20. The van der Waals surface area contributed by atoms with Crippen LogP contribution in [0.2, 0.25) is 0 Å². The lowest BCUT2D eigenvalue weighted by Crippen LogP contribution is -2.48. The summed E-state index contributed by atoms with van der Waals surface area (Å²) in [4.78, 5) is 0. The highest BCUT2D eigenvalue weighted by Crippen LogP contribution is 2.56. The third-order valence-corrected chi connectivity index (χ3v) is 3.89. The number of alkyl halides is 7. The van der Waals surface area contributed by atoms with Crippen molar-refractivity contribution in [3.05, 3.63) is 29.8 Å². The molecule has 0 bridgehead atoms. The van der Waals surface area contributed by atoms with Crippen LogP contribution in [0.15, 0.2) is 24.3 Å². The highest BCUT2D eigenvalue weighted by Gasteiger charge is 2.70. The van der Waals surface area contributed by atoms with Crippen LogP contribution in [0, 0.1) is 0 Å². The Bertz CT molecular complexity index is 379. The molecule has 0 saturated carbocycles. The molecule has 0 amide bonds. The molecule has 0 heterocycles. The van der Waals surface area contributed by atoms with Crippen molar-refractivity contribution < 1.29 is 31.4 Å². The summed E-state index contributed by atoms with van der Waals surface area (Å²) in [5.74, 6) is -0.406. The van der Waals surface area contributed by atoms with Crippen molar-refractivity contribution in [2.75, 3.05) is 0 Å². The fourth-order valence-electron chi connectivity index (χ4n) is 1.18. The Morgan fingerprint density at radius 2 is 1.18 bits per heavy atom. The van der Waals surface area contributed by atoms with Crippen molar-refractivity contribution in [2.45, 2.75) is 15.8 Å². The van der Waals surface area contributed by atoms with E-state index in [1.165, 1.54) is 0 Å². The van der Waals surface area contributed by atoms with Gasteiger partial charge in [0.15, 0.2) is 0 Å². The minimum absolute atomic E-state index is 0.334. The van der Waals surface area contributed by atoms with E-state index in [4.69, 9.17) is 5.11 Å². The van der Waals surface area contributed by atoms with Gasteiger partial charge in [0.2, 0.25) is 3.42 Å². The molecule has 1 aromatic carbocycles. The molecule has 0 unspecified atom stereocenters. The third-order valence-electron chi connectivity index (χ3n) is 2.05. The van der Waals surface area contributed by atoms with Gasteiger partial charge in [0.25, 0.3) is 0 Å². The average molecular weight is 370 g/mol. The van der Waals surface area contributed by atoms with Gasteiger partial charge in [0.1, 0.15) is 5.75 Å². The normalized spacial score (nSPS) is 13.8. The second-order valence-corrected chi connectivity index (χ2v) is 4.82. The maximum Gasteiger partial charge on any atom is 0.416 e. The van der Waals surface area contributed by atoms with Gasteiger partial charge in [-0.25, -0.2) is 0 Å². The fraction of sp³-hybridized carbons (Fsp3) is 0.333. The summed E-state index contributed by atoms with van der Waals surface area (Å²) in [7, 11) is 0. The molecule has 1 rings (SSSR count). The maximum atomic E-state index is 12.6. The van der Waals surface area contributed by atoms with Gasteiger partial charge in [0.05, 0.1) is 0 Å². The van der Waals surface area contributed by atoms with Crippen LogP contribution in [0.5, 0.6) is 5.75 Å². The molecule has 0 atom stereocenters. The van der Waals surface area contributed by atoms with Crippen LogP contribution in [-0.2, 0) is 3.42 Å². The van der Waals surface area contributed by atoms with Crippen molar-refractivity contribution in [3.63, 3.8) is 0 Å². The van der Waals surface area contributed by atoms with Crippen LogP contribution in [0.1, 0.15) is 5.56 Å². The fourth-order valence-corrected chi connectivity index (χ4v) is 1.54. The lowest BCUT2D eigenvalue weighted by molar-refractivity contribution is -0.261. The Morgan fingerprint density at radius 3 is 1.47 bits per heavy atom. The number of rotatable bonds is 1. The molecule has 0 aliphatic carbocycles. The molecule has 0 aromatic heterocycles. The van der Waals surface area contributed by atoms with Crippen LogP contribution in [0.25, 0.3) is 0 Å². The largest absolute Gasteiger partial charge is 0.508 e. The smallest absolute Gasteiger partial charge is 0.416 e. The van der Waals surface area contributed by atoms with Gasteiger partial charge in [-0.15, -0.1) is 0 Å². The lowest BCUT2D eigenvalue weighted by Gasteiger charge is -2.32. The van der Waals surface area contributed by atoms with Gasteiger partial charge < -0.3 is 5.11 Å². The van der Waals surface area contributed by atoms with Crippen molar-refractivity contribution >= 4 is 22.6 Å². The molecule has 0 radical (unpaired) electrons. The minimum atomic E-state index is -5.48. The van der Waals surface area contributed by atoms with Crippen molar-refractivity contribution in [1.29, 1.82) is 0 Å². The van der Waals surface area contributed by atoms with E-state index < -0.39 is 27.1 Å². The summed E-state index contributed by atoms with van der Waals surface area (Å²) in [5, 5.41) is 8.86. The highest BCUT2D eigenvalue weighted by atomic mass is 127. The Hall–Kier alpha value is -0.670. The average Bonchev–Trinajstić information content (AvgIpc) is 2.14. The van der Waals surface area contributed by atoms with Gasteiger partial charge in [-0.2, -0.15) is 26.3 Å². The Labute approximate surface area is 106 Å². The van der Waals surface area contributed by atoms with E-state index in [0.29, 0.717) is 34.7 Å². The molecule has 1 N–H and O–H groups in total. The van der Waals surface area contributed by atoms with Crippen LogP contribution >= 0.6 is 22.6 Å². The topological polar surface area (TPSA) is 20.2 Å². The lowest BCUT2D eigenvalue weighted by atomic mass is 9.97. The number of halogens is 7. The Balaban J connectivity index is 3.41. The molecule has 1 nitrogen and oxygen atoms in total. The molecule has 17 heavy (non-hydrogen) atoms. The Kier molecular flexibility index (Phi) is 3.57. The summed E-state index contributed by atoms with van der Waals surface area (Å²) in [6.07, 6.45) is -11.0. The van der Waals surface area contributed by atoms with E-state index in [0.717, 1.165) is 12.1 Å². The number of benzene rings is 1. The number of phenols is 1. The maximum absolute atomic E-state index is 12.6. The first-order valence-electron chi connectivity index (χ1n) is 4.12. The molecule has 8 heteroatoms. The molecular weight excluding hydrogens is 365 g/mol. The van der Waals surface area contributed by atoms with Crippen LogP contribution in [0.4, 0.5) is 26.3 Å². The van der Waals surface area contributed by atoms with Crippen LogP contribution in [0.3, 0.4) is 0 Å². The molecular formula is C9H5F6IO. The number of hydrogen-bond donors (Lipinski definition) is 1. The molecule has 0 spiro atoms.